The Morgan fingerprint density at radius 2 is 2.04 bits per heavy atom. The van der Waals surface area contributed by atoms with E-state index in [2.05, 4.69) is 71.3 Å². The molecule has 6 heteroatoms. The lowest BCUT2D eigenvalue weighted by molar-refractivity contribution is -0.128. The number of aliphatic imine (C=N–C) groups is 1. The van der Waals surface area contributed by atoms with E-state index in [-0.39, 0.29) is 11.3 Å². The number of benzene rings is 1. The second-order valence-corrected chi connectivity index (χ2v) is 8.83. The van der Waals surface area contributed by atoms with Gasteiger partial charge in [0.25, 0.3) is 0 Å². The molecule has 150 valence electrons. The van der Waals surface area contributed by atoms with E-state index >= 15 is 0 Å². The Balaban J connectivity index is 1.52. The second kappa shape index (κ2) is 9.24. The summed E-state index contributed by atoms with van der Waals surface area (Å²) in [5.74, 6) is 1.06. The first kappa shape index (κ1) is 20.4. The van der Waals surface area contributed by atoms with Crippen LogP contribution in [0.25, 0.3) is 0 Å². The molecule has 0 aliphatic carbocycles. The van der Waals surface area contributed by atoms with Crippen LogP contribution >= 0.6 is 11.3 Å². The molecule has 1 amide bonds. The molecule has 1 aliphatic rings. The highest BCUT2D eigenvalue weighted by Gasteiger charge is 2.22. The summed E-state index contributed by atoms with van der Waals surface area (Å²) in [6, 6.07) is 12.7. The molecule has 1 aromatic heterocycles. The number of hydrogen-bond acceptors (Lipinski definition) is 3. The average molecular weight is 399 g/mol. The maximum atomic E-state index is 11.8. The lowest BCUT2D eigenvalue weighted by atomic mass is 9.91. The van der Waals surface area contributed by atoms with E-state index < -0.39 is 0 Å². The highest BCUT2D eigenvalue weighted by atomic mass is 32.1. The van der Waals surface area contributed by atoms with Gasteiger partial charge in [-0.3, -0.25) is 9.79 Å². The number of rotatable bonds is 7. The van der Waals surface area contributed by atoms with Crippen molar-refractivity contribution in [3.05, 3.63) is 57.8 Å². The van der Waals surface area contributed by atoms with Crippen molar-refractivity contribution in [2.45, 2.75) is 45.2 Å². The van der Waals surface area contributed by atoms with Gasteiger partial charge in [0.2, 0.25) is 5.91 Å². The molecule has 1 aromatic carbocycles. The van der Waals surface area contributed by atoms with Crippen LogP contribution in [-0.2, 0) is 23.3 Å². The van der Waals surface area contributed by atoms with Gasteiger partial charge in [0.15, 0.2) is 5.96 Å². The molecule has 1 aliphatic heterocycles. The minimum absolute atomic E-state index is 0.0496. The molecule has 2 N–H and O–H groups in total. The largest absolute Gasteiger partial charge is 0.356 e. The Bertz CT molecular complexity index is 814. The van der Waals surface area contributed by atoms with Crippen molar-refractivity contribution in [3.8, 4) is 0 Å². The first-order valence-electron chi connectivity index (χ1n) is 9.82. The highest BCUT2D eigenvalue weighted by molar-refractivity contribution is 7.10. The summed E-state index contributed by atoms with van der Waals surface area (Å²) in [6.45, 7) is 7.56. The first-order valence-corrected chi connectivity index (χ1v) is 10.7. The minimum Gasteiger partial charge on any atom is -0.356 e. The van der Waals surface area contributed by atoms with Crippen LogP contribution < -0.4 is 10.6 Å². The predicted octanol–water partition coefficient (Wildman–Crippen LogP) is 3.51. The van der Waals surface area contributed by atoms with Gasteiger partial charge in [0.1, 0.15) is 0 Å². The van der Waals surface area contributed by atoms with Crippen LogP contribution in [0.4, 0.5) is 0 Å². The third-order valence-electron chi connectivity index (χ3n) is 5.11. The maximum Gasteiger partial charge on any atom is 0.222 e. The number of likely N-dealkylation sites (tertiary alicyclic amines) is 1. The number of hydrogen-bond donors (Lipinski definition) is 2. The van der Waals surface area contributed by atoms with E-state index in [0.717, 1.165) is 25.5 Å². The Kier molecular flexibility index (Phi) is 6.73. The van der Waals surface area contributed by atoms with Crippen molar-refractivity contribution in [1.29, 1.82) is 0 Å². The summed E-state index contributed by atoms with van der Waals surface area (Å²) < 4.78 is 0. The molecule has 0 unspecified atom stereocenters. The van der Waals surface area contributed by atoms with Gasteiger partial charge >= 0.3 is 0 Å². The summed E-state index contributed by atoms with van der Waals surface area (Å²) in [5, 5.41) is 8.95. The number of guanidine groups is 1. The van der Waals surface area contributed by atoms with Crippen molar-refractivity contribution in [3.63, 3.8) is 0 Å². The number of thiophene rings is 1. The van der Waals surface area contributed by atoms with Crippen molar-refractivity contribution in [2.75, 3.05) is 20.1 Å². The number of nitrogens with one attached hydrogen (secondary N) is 2. The molecule has 5 nitrogen and oxygen atoms in total. The highest BCUT2D eigenvalue weighted by Crippen LogP contribution is 2.26. The van der Waals surface area contributed by atoms with Crippen molar-refractivity contribution < 1.29 is 4.79 Å². The minimum atomic E-state index is 0.0496. The van der Waals surface area contributed by atoms with Crippen LogP contribution in [0.15, 0.2) is 46.8 Å². The molecular formula is C22H30N4OS. The fraction of sp³-hybridized carbons (Fsp3) is 0.455. The summed E-state index contributed by atoms with van der Waals surface area (Å²) in [5.41, 5.74) is 2.41. The second-order valence-electron chi connectivity index (χ2n) is 7.88. The van der Waals surface area contributed by atoms with Gasteiger partial charge in [0, 0.05) is 49.9 Å². The van der Waals surface area contributed by atoms with Crippen LogP contribution in [0.2, 0.25) is 0 Å². The van der Waals surface area contributed by atoms with Crippen LogP contribution in [-0.4, -0.2) is 36.9 Å². The maximum absolute atomic E-state index is 11.8. The zero-order valence-corrected chi connectivity index (χ0v) is 17.8. The lowest BCUT2D eigenvalue weighted by Crippen LogP contribution is -2.42. The van der Waals surface area contributed by atoms with Gasteiger partial charge in [-0.05, 0) is 29.0 Å². The Morgan fingerprint density at radius 3 is 2.71 bits per heavy atom. The zero-order valence-electron chi connectivity index (χ0n) is 17.0. The molecule has 28 heavy (non-hydrogen) atoms. The molecule has 2 aromatic rings. The first-order chi connectivity index (χ1) is 13.5. The van der Waals surface area contributed by atoms with Crippen LogP contribution in [0.3, 0.4) is 0 Å². The van der Waals surface area contributed by atoms with E-state index in [1.54, 1.807) is 18.4 Å². The summed E-state index contributed by atoms with van der Waals surface area (Å²) in [4.78, 5) is 19.5. The normalized spacial score (nSPS) is 15.2. The van der Waals surface area contributed by atoms with Crippen molar-refractivity contribution >= 4 is 23.2 Å². The third-order valence-corrected chi connectivity index (χ3v) is 6.34. The monoisotopic (exact) mass is 398 g/mol. The molecule has 0 saturated carbocycles. The molecule has 1 saturated heterocycles. The smallest absolute Gasteiger partial charge is 0.222 e. The molecule has 0 bridgehead atoms. The SMILES string of the molecule is CN=C(NCc1cccc(CN2CCCC2=O)c1)NCC(C)(C)c1cccs1. The van der Waals surface area contributed by atoms with E-state index in [1.807, 2.05) is 4.90 Å². The topological polar surface area (TPSA) is 56.7 Å². The molecule has 0 spiro atoms. The van der Waals surface area contributed by atoms with Gasteiger partial charge in [-0.2, -0.15) is 0 Å². The molecule has 0 radical (unpaired) electrons. The van der Waals surface area contributed by atoms with Crippen LogP contribution in [0.5, 0.6) is 0 Å². The third kappa shape index (κ3) is 5.35. The van der Waals surface area contributed by atoms with E-state index in [4.69, 9.17) is 0 Å². The standard InChI is InChI=1S/C22H30N4OS/c1-22(2,19-9-6-12-28-19)16-25-21(23-3)24-14-17-7-4-8-18(13-17)15-26-11-5-10-20(26)27/h4,6-9,12-13H,5,10-11,14-16H2,1-3H3,(H2,23,24,25). The number of carbonyl (C=O) groups is 1. The van der Waals surface area contributed by atoms with E-state index in [0.29, 0.717) is 19.5 Å². The number of amides is 1. The van der Waals surface area contributed by atoms with E-state index in [9.17, 15) is 4.79 Å². The lowest BCUT2D eigenvalue weighted by Gasteiger charge is -2.25. The molecule has 3 rings (SSSR count). The molecular weight excluding hydrogens is 368 g/mol. The molecule has 0 atom stereocenters. The number of carbonyl (C=O) groups excluding carboxylic acids is 1. The molecule has 1 fully saturated rings. The summed E-state index contributed by atoms with van der Waals surface area (Å²) in [6.07, 6.45) is 1.66. The number of nitrogens with zero attached hydrogens (tertiary/aromatic N) is 2. The van der Waals surface area contributed by atoms with Gasteiger partial charge < -0.3 is 15.5 Å². The van der Waals surface area contributed by atoms with Gasteiger partial charge in [0.05, 0.1) is 0 Å². The van der Waals surface area contributed by atoms with E-state index in [1.165, 1.54) is 16.0 Å². The van der Waals surface area contributed by atoms with Crippen LogP contribution in [0, 0.1) is 0 Å². The Morgan fingerprint density at radius 1 is 1.21 bits per heavy atom. The van der Waals surface area contributed by atoms with Crippen molar-refractivity contribution in [2.24, 2.45) is 4.99 Å². The van der Waals surface area contributed by atoms with Crippen LogP contribution in [0.1, 0.15) is 42.7 Å². The fourth-order valence-corrected chi connectivity index (χ4v) is 4.24. The fourth-order valence-electron chi connectivity index (χ4n) is 3.39. The summed E-state index contributed by atoms with van der Waals surface area (Å²) in [7, 11) is 1.79. The Labute approximate surface area is 171 Å². The Hall–Kier alpha value is -2.34. The summed E-state index contributed by atoms with van der Waals surface area (Å²) >= 11 is 1.79. The predicted molar refractivity (Wildman–Crippen MR) is 117 cm³/mol. The van der Waals surface area contributed by atoms with Gasteiger partial charge in [-0.15, -0.1) is 11.3 Å². The average Bonchev–Trinajstić information content (AvgIpc) is 3.35. The van der Waals surface area contributed by atoms with Crippen molar-refractivity contribution in [1.82, 2.24) is 15.5 Å². The zero-order chi connectivity index (χ0) is 20.0. The van der Waals surface area contributed by atoms with Gasteiger partial charge in [-0.1, -0.05) is 44.2 Å². The van der Waals surface area contributed by atoms with Gasteiger partial charge in [-0.25, -0.2) is 0 Å². The molecule has 2 heterocycles. The quantitative estimate of drug-likeness (QED) is 0.554.